The number of benzene rings is 2. The van der Waals surface area contributed by atoms with Gasteiger partial charge in [-0.15, -0.1) is 0 Å². The summed E-state index contributed by atoms with van der Waals surface area (Å²) in [6.07, 6.45) is -0.206. The molecule has 1 amide bonds. The fraction of sp³-hybridized carbons (Fsp3) is 0.375. The van der Waals surface area contributed by atoms with Crippen molar-refractivity contribution in [2.75, 3.05) is 17.2 Å². The minimum atomic E-state index is -0.206. The number of hydrogen-bond donors (Lipinski definition) is 3. The van der Waals surface area contributed by atoms with Gasteiger partial charge in [-0.05, 0) is 44.0 Å². The number of thioether (sulfide) groups is 1. The molecule has 3 unspecified atom stereocenters. The molecule has 0 saturated carbocycles. The maximum absolute atomic E-state index is 13.0. The second-order valence-electron chi connectivity index (χ2n) is 8.20. The Morgan fingerprint density at radius 3 is 2.69 bits per heavy atom. The van der Waals surface area contributed by atoms with Gasteiger partial charge in [-0.25, -0.2) is 10.4 Å². The first-order valence-corrected chi connectivity index (χ1v) is 11.9. The highest BCUT2D eigenvalue weighted by Gasteiger charge is 2.43. The highest BCUT2D eigenvalue weighted by molar-refractivity contribution is 8.14. The van der Waals surface area contributed by atoms with Crippen molar-refractivity contribution in [3.05, 3.63) is 65.7 Å². The van der Waals surface area contributed by atoms with E-state index in [1.54, 1.807) is 0 Å². The molecule has 0 aliphatic carbocycles. The number of amides is 1. The zero-order chi connectivity index (χ0) is 22.7. The highest BCUT2D eigenvalue weighted by Crippen LogP contribution is 2.32. The summed E-state index contributed by atoms with van der Waals surface area (Å²) in [4.78, 5) is 21.7. The van der Waals surface area contributed by atoms with Crippen LogP contribution >= 0.6 is 11.8 Å². The van der Waals surface area contributed by atoms with Crippen molar-refractivity contribution < 1.29 is 4.79 Å². The van der Waals surface area contributed by atoms with Gasteiger partial charge in [-0.3, -0.25) is 20.5 Å². The summed E-state index contributed by atoms with van der Waals surface area (Å²) in [6, 6.07) is 18.2. The number of hydrogen-bond acceptors (Lipinski definition) is 6. The van der Waals surface area contributed by atoms with Gasteiger partial charge in [0.05, 0.1) is 11.7 Å². The number of nitrogens with one attached hydrogen (secondary N) is 3. The predicted molar refractivity (Wildman–Crippen MR) is 132 cm³/mol. The molecule has 2 aromatic carbocycles. The Morgan fingerprint density at radius 2 is 1.97 bits per heavy atom. The van der Waals surface area contributed by atoms with Crippen LogP contribution in [0.3, 0.4) is 0 Å². The van der Waals surface area contributed by atoms with Crippen molar-refractivity contribution >= 4 is 34.4 Å². The molecule has 8 heteroatoms. The van der Waals surface area contributed by atoms with Crippen molar-refractivity contribution in [1.82, 2.24) is 15.8 Å². The van der Waals surface area contributed by atoms with Crippen LogP contribution in [0.15, 0.2) is 59.6 Å². The molecular weight excluding hydrogens is 420 g/mol. The molecule has 7 nitrogen and oxygen atoms in total. The number of fused-ring (bicyclic) bond motifs is 1. The quantitative estimate of drug-likeness (QED) is 0.629. The molecule has 3 N–H and O–H groups in total. The molecule has 0 radical (unpaired) electrons. The van der Waals surface area contributed by atoms with Gasteiger partial charge in [0.25, 0.3) is 0 Å². The minimum absolute atomic E-state index is 0.0628. The van der Waals surface area contributed by atoms with Crippen LogP contribution < -0.4 is 15.8 Å². The highest BCUT2D eigenvalue weighted by atomic mass is 32.2. The van der Waals surface area contributed by atoms with Gasteiger partial charge in [0.2, 0.25) is 5.91 Å². The Hall–Kier alpha value is -2.68. The second-order valence-corrected chi connectivity index (χ2v) is 9.14. The van der Waals surface area contributed by atoms with Crippen molar-refractivity contribution in [3.8, 4) is 0 Å². The van der Waals surface area contributed by atoms with Crippen molar-refractivity contribution in [2.45, 2.75) is 39.5 Å². The number of hydrazine groups is 1. The lowest BCUT2D eigenvalue weighted by Gasteiger charge is -2.36. The molecule has 0 aromatic heterocycles. The van der Waals surface area contributed by atoms with Crippen LogP contribution in [0.1, 0.15) is 25.0 Å². The van der Waals surface area contributed by atoms with E-state index in [9.17, 15) is 4.79 Å². The minimum Gasteiger partial charge on any atom is -0.338 e. The van der Waals surface area contributed by atoms with E-state index in [1.807, 2.05) is 72.2 Å². The average Bonchev–Trinajstić information content (AvgIpc) is 3.17. The molecule has 2 aliphatic heterocycles. The monoisotopic (exact) mass is 450 g/mol. The molecular formula is C24H30N6OS. The second kappa shape index (κ2) is 9.85. The maximum Gasteiger partial charge on any atom is 0.233 e. The number of rotatable bonds is 6. The molecule has 2 heterocycles. The number of aliphatic imine (C=N–C) groups is 1. The fourth-order valence-electron chi connectivity index (χ4n) is 4.11. The number of carbonyl (C=O) groups excluding carboxylic acids is 1. The van der Waals surface area contributed by atoms with Crippen LogP contribution in [0.2, 0.25) is 0 Å². The first-order chi connectivity index (χ1) is 15.5. The van der Waals surface area contributed by atoms with E-state index >= 15 is 0 Å². The van der Waals surface area contributed by atoms with E-state index in [1.165, 1.54) is 11.8 Å². The zero-order valence-corrected chi connectivity index (χ0v) is 19.5. The standard InChI is InChI=1S/C24H30N6OS/c1-4-29(14-18-10-6-5-7-11-18)20(31)15-32-24-26-23-21(17(3)27-28-23)22(25)30(24)19-12-8-9-16(2)13-19/h5-13,17,21,23,25,27-28H,4,14-15H2,1-3H3. The summed E-state index contributed by atoms with van der Waals surface area (Å²) >= 11 is 1.40. The van der Waals surface area contributed by atoms with Crippen LogP contribution in [-0.2, 0) is 11.3 Å². The van der Waals surface area contributed by atoms with E-state index in [2.05, 4.69) is 23.8 Å². The zero-order valence-electron chi connectivity index (χ0n) is 18.7. The third-order valence-corrected chi connectivity index (χ3v) is 6.81. The van der Waals surface area contributed by atoms with Crippen molar-refractivity contribution in [1.29, 1.82) is 5.41 Å². The van der Waals surface area contributed by atoms with E-state index in [0.29, 0.717) is 24.1 Å². The summed E-state index contributed by atoms with van der Waals surface area (Å²) in [5.41, 5.74) is 9.54. The first kappa shape index (κ1) is 22.5. The molecule has 32 heavy (non-hydrogen) atoms. The van der Waals surface area contributed by atoms with Gasteiger partial charge in [-0.1, -0.05) is 54.2 Å². The molecule has 0 bridgehead atoms. The van der Waals surface area contributed by atoms with Crippen molar-refractivity contribution in [3.63, 3.8) is 0 Å². The van der Waals surface area contributed by atoms with Crippen LogP contribution in [0.5, 0.6) is 0 Å². The van der Waals surface area contributed by atoms with Crippen LogP contribution in [0.25, 0.3) is 0 Å². The normalized spacial score (nSPS) is 22.5. The van der Waals surface area contributed by atoms with E-state index < -0.39 is 0 Å². The van der Waals surface area contributed by atoms with Gasteiger partial charge in [0.15, 0.2) is 5.17 Å². The fourth-order valence-corrected chi connectivity index (χ4v) is 5.07. The SMILES string of the molecule is CCN(Cc1ccccc1)C(=O)CSC1=NC2NNC(C)C2C(=N)N1c1cccc(C)c1. The third-order valence-electron chi connectivity index (χ3n) is 5.87. The van der Waals surface area contributed by atoms with Gasteiger partial charge in [0.1, 0.15) is 12.0 Å². The Morgan fingerprint density at radius 1 is 1.19 bits per heavy atom. The van der Waals surface area contributed by atoms with Gasteiger partial charge < -0.3 is 4.90 Å². The van der Waals surface area contributed by atoms with Crippen LogP contribution in [-0.4, -0.2) is 46.3 Å². The van der Waals surface area contributed by atoms with E-state index in [4.69, 9.17) is 10.4 Å². The largest absolute Gasteiger partial charge is 0.338 e. The molecule has 168 valence electrons. The molecule has 3 atom stereocenters. The summed E-state index contributed by atoms with van der Waals surface area (Å²) in [6.45, 7) is 7.33. The Bertz CT molecular complexity index is 1010. The molecule has 2 aliphatic rings. The van der Waals surface area contributed by atoms with E-state index in [0.717, 1.165) is 16.8 Å². The van der Waals surface area contributed by atoms with Crippen molar-refractivity contribution in [2.24, 2.45) is 10.9 Å². The lowest BCUT2D eigenvalue weighted by Crippen LogP contribution is -2.50. The molecule has 1 saturated heterocycles. The molecule has 1 fully saturated rings. The Balaban J connectivity index is 1.53. The van der Waals surface area contributed by atoms with Gasteiger partial charge >= 0.3 is 0 Å². The predicted octanol–water partition coefficient (Wildman–Crippen LogP) is 3.37. The number of nitrogens with zero attached hydrogens (tertiary/aromatic N) is 3. The Labute approximate surface area is 193 Å². The lowest BCUT2D eigenvalue weighted by molar-refractivity contribution is -0.128. The molecule has 4 rings (SSSR count). The number of aryl methyl sites for hydroxylation is 1. The summed E-state index contributed by atoms with van der Waals surface area (Å²) in [7, 11) is 0. The number of anilines is 1. The average molecular weight is 451 g/mol. The molecule has 2 aromatic rings. The Kier molecular flexibility index (Phi) is 6.93. The summed E-state index contributed by atoms with van der Waals surface area (Å²) in [5.74, 6) is 0.760. The summed E-state index contributed by atoms with van der Waals surface area (Å²) in [5, 5.41) is 9.63. The lowest BCUT2D eigenvalue weighted by atomic mass is 9.97. The number of amidine groups is 2. The smallest absolute Gasteiger partial charge is 0.233 e. The maximum atomic E-state index is 13.0. The van der Waals surface area contributed by atoms with Crippen LogP contribution in [0, 0.1) is 18.3 Å². The summed E-state index contributed by atoms with van der Waals surface area (Å²) < 4.78 is 0. The topological polar surface area (TPSA) is 83.8 Å². The van der Waals surface area contributed by atoms with Gasteiger partial charge in [0, 0.05) is 24.8 Å². The number of carbonyl (C=O) groups is 1. The van der Waals surface area contributed by atoms with Gasteiger partial charge in [-0.2, -0.15) is 0 Å². The third kappa shape index (κ3) is 4.72. The van der Waals surface area contributed by atoms with E-state index in [-0.39, 0.29) is 29.8 Å². The molecule has 0 spiro atoms. The van der Waals surface area contributed by atoms with Crippen LogP contribution in [0.4, 0.5) is 5.69 Å². The first-order valence-electron chi connectivity index (χ1n) is 11.0.